The molecule has 0 aromatic heterocycles. The minimum absolute atomic E-state index is 0.112. The maximum Gasteiger partial charge on any atom is 0.330 e. The van der Waals surface area contributed by atoms with Crippen LogP contribution in [0.3, 0.4) is 0 Å². The lowest BCUT2D eigenvalue weighted by Crippen LogP contribution is -2.15. The van der Waals surface area contributed by atoms with Gasteiger partial charge in [-0.2, -0.15) is 0 Å². The summed E-state index contributed by atoms with van der Waals surface area (Å²) in [5, 5.41) is 0. The summed E-state index contributed by atoms with van der Waals surface area (Å²) in [5.74, 6) is -0.106. The topological polar surface area (TPSA) is 38.7 Å². The van der Waals surface area contributed by atoms with Gasteiger partial charge in [-0.25, -0.2) is 4.79 Å². The molecule has 3 nitrogen and oxygen atoms in total. The summed E-state index contributed by atoms with van der Waals surface area (Å²) in [6, 6.07) is 20.1. The first-order valence-corrected chi connectivity index (χ1v) is 8.06. The number of hydrogen-bond acceptors (Lipinski definition) is 3. The standard InChI is InChI=1S/C21H23NO2/c1-16(2)19(14-15-20(23)24-3)22-21(17-10-6-4-7-11-17)18-12-8-5-9-13-18/h4-16,19H,1-3H3/b15-14+/t19-/m1/s1. The smallest absolute Gasteiger partial charge is 0.330 e. The summed E-state index contributed by atoms with van der Waals surface area (Å²) in [6.07, 6.45) is 3.25. The molecule has 2 aromatic carbocycles. The molecule has 0 amide bonds. The third kappa shape index (κ3) is 4.92. The monoisotopic (exact) mass is 321 g/mol. The van der Waals surface area contributed by atoms with Crippen molar-refractivity contribution >= 4 is 11.7 Å². The van der Waals surface area contributed by atoms with Crippen LogP contribution in [-0.2, 0) is 9.53 Å². The molecule has 3 heteroatoms. The molecule has 0 fully saturated rings. The lowest BCUT2D eigenvalue weighted by molar-refractivity contribution is -0.134. The predicted molar refractivity (Wildman–Crippen MR) is 98.3 cm³/mol. The van der Waals surface area contributed by atoms with Gasteiger partial charge < -0.3 is 4.74 Å². The maximum atomic E-state index is 11.4. The number of carbonyl (C=O) groups excluding carboxylic acids is 1. The van der Waals surface area contributed by atoms with E-state index < -0.39 is 0 Å². The Bertz CT molecular complexity index is 662. The van der Waals surface area contributed by atoms with E-state index in [1.54, 1.807) is 0 Å². The highest BCUT2D eigenvalue weighted by Gasteiger charge is 2.13. The van der Waals surface area contributed by atoms with Crippen LogP contribution >= 0.6 is 0 Å². The van der Waals surface area contributed by atoms with Crippen LogP contribution in [0.4, 0.5) is 0 Å². The Morgan fingerprint density at radius 1 is 0.958 bits per heavy atom. The number of carbonyl (C=O) groups is 1. The molecule has 0 bridgehead atoms. The number of nitrogens with zero attached hydrogens (tertiary/aromatic N) is 1. The van der Waals surface area contributed by atoms with Gasteiger partial charge in [-0.3, -0.25) is 4.99 Å². The Balaban J connectivity index is 2.46. The van der Waals surface area contributed by atoms with E-state index in [1.165, 1.54) is 13.2 Å². The fraction of sp³-hybridized carbons (Fsp3) is 0.238. The van der Waals surface area contributed by atoms with Crippen molar-refractivity contribution in [3.63, 3.8) is 0 Å². The molecule has 0 saturated heterocycles. The number of hydrogen-bond donors (Lipinski definition) is 0. The SMILES string of the molecule is COC(=O)/C=C/[C@@H](N=C(c1ccccc1)c1ccccc1)C(C)C. The molecule has 2 rings (SSSR count). The number of aliphatic imine (C=N–C) groups is 1. The third-order valence-electron chi connectivity index (χ3n) is 3.69. The molecule has 0 spiro atoms. The minimum Gasteiger partial charge on any atom is -0.466 e. The summed E-state index contributed by atoms with van der Waals surface area (Å²) >= 11 is 0. The Hall–Kier alpha value is -2.68. The number of esters is 1. The second kappa shape index (κ2) is 8.82. The Kier molecular flexibility index (Phi) is 6.50. The van der Waals surface area contributed by atoms with E-state index in [1.807, 2.05) is 66.7 Å². The van der Waals surface area contributed by atoms with Gasteiger partial charge in [0.05, 0.1) is 18.9 Å². The summed E-state index contributed by atoms with van der Waals surface area (Å²) in [6.45, 7) is 4.17. The van der Waals surface area contributed by atoms with Gasteiger partial charge in [0.25, 0.3) is 0 Å². The largest absolute Gasteiger partial charge is 0.466 e. The Morgan fingerprint density at radius 3 is 1.88 bits per heavy atom. The van der Waals surface area contributed by atoms with Gasteiger partial charge in [-0.1, -0.05) is 80.6 Å². The summed E-state index contributed by atoms with van der Waals surface area (Å²) in [4.78, 5) is 16.4. The van der Waals surface area contributed by atoms with Crippen molar-refractivity contribution in [3.05, 3.63) is 83.9 Å². The van der Waals surface area contributed by atoms with E-state index in [2.05, 4.69) is 18.6 Å². The first kappa shape index (κ1) is 17.7. The highest BCUT2D eigenvalue weighted by Crippen LogP contribution is 2.16. The maximum absolute atomic E-state index is 11.4. The van der Waals surface area contributed by atoms with Gasteiger partial charge in [0.1, 0.15) is 0 Å². The quantitative estimate of drug-likeness (QED) is 0.452. The molecule has 24 heavy (non-hydrogen) atoms. The summed E-state index contributed by atoms with van der Waals surface area (Å²) in [5.41, 5.74) is 3.03. The number of rotatable bonds is 6. The van der Waals surface area contributed by atoms with Gasteiger partial charge in [-0.15, -0.1) is 0 Å². The van der Waals surface area contributed by atoms with E-state index in [0.29, 0.717) is 0 Å². The van der Waals surface area contributed by atoms with Crippen LogP contribution in [0, 0.1) is 5.92 Å². The summed E-state index contributed by atoms with van der Waals surface area (Å²) in [7, 11) is 1.37. The van der Waals surface area contributed by atoms with Crippen molar-refractivity contribution in [2.75, 3.05) is 7.11 Å². The third-order valence-corrected chi connectivity index (χ3v) is 3.69. The lowest BCUT2D eigenvalue weighted by atomic mass is 9.99. The van der Waals surface area contributed by atoms with Crippen LogP contribution in [0.5, 0.6) is 0 Å². The molecule has 2 aromatic rings. The zero-order chi connectivity index (χ0) is 17.4. The average Bonchev–Trinajstić information content (AvgIpc) is 2.62. The van der Waals surface area contributed by atoms with Gasteiger partial charge in [0.15, 0.2) is 0 Å². The van der Waals surface area contributed by atoms with E-state index in [0.717, 1.165) is 16.8 Å². The molecule has 0 aliphatic rings. The van der Waals surface area contributed by atoms with Crippen LogP contribution in [0.1, 0.15) is 25.0 Å². The van der Waals surface area contributed by atoms with Crippen molar-refractivity contribution in [2.24, 2.45) is 10.9 Å². The van der Waals surface area contributed by atoms with Crippen LogP contribution in [0.15, 0.2) is 77.8 Å². The number of ether oxygens (including phenoxy) is 1. The molecular weight excluding hydrogens is 298 g/mol. The zero-order valence-corrected chi connectivity index (χ0v) is 14.3. The van der Waals surface area contributed by atoms with Crippen LogP contribution < -0.4 is 0 Å². The molecule has 0 aliphatic heterocycles. The van der Waals surface area contributed by atoms with Gasteiger partial charge in [-0.05, 0) is 5.92 Å². The summed E-state index contributed by atoms with van der Waals surface area (Å²) < 4.78 is 4.68. The Morgan fingerprint density at radius 2 is 1.46 bits per heavy atom. The molecule has 0 heterocycles. The molecule has 0 radical (unpaired) electrons. The van der Waals surface area contributed by atoms with E-state index in [4.69, 9.17) is 4.99 Å². The molecule has 0 N–H and O–H groups in total. The van der Waals surface area contributed by atoms with Crippen molar-refractivity contribution in [3.8, 4) is 0 Å². The van der Waals surface area contributed by atoms with E-state index >= 15 is 0 Å². The highest BCUT2D eigenvalue weighted by atomic mass is 16.5. The fourth-order valence-electron chi connectivity index (χ4n) is 2.32. The van der Waals surface area contributed by atoms with Crippen molar-refractivity contribution in [1.29, 1.82) is 0 Å². The number of benzene rings is 2. The van der Waals surface area contributed by atoms with Gasteiger partial charge in [0, 0.05) is 17.2 Å². The zero-order valence-electron chi connectivity index (χ0n) is 14.3. The van der Waals surface area contributed by atoms with Crippen LogP contribution in [0.25, 0.3) is 0 Å². The van der Waals surface area contributed by atoms with Crippen molar-refractivity contribution in [1.82, 2.24) is 0 Å². The van der Waals surface area contributed by atoms with E-state index in [9.17, 15) is 4.79 Å². The first-order chi connectivity index (χ1) is 11.6. The molecule has 0 aliphatic carbocycles. The predicted octanol–water partition coefficient (Wildman–Crippen LogP) is 4.28. The average molecular weight is 321 g/mol. The van der Waals surface area contributed by atoms with E-state index in [-0.39, 0.29) is 17.9 Å². The minimum atomic E-state index is -0.364. The molecule has 1 atom stereocenters. The molecule has 0 saturated carbocycles. The molecule has 124 valence electrons. The fourth-order valence-corrected chi connectivity index (χ4v) is 2.32. The molecular formula is C21H23NO2. The molecule has 0 unspecified atom stereocenters. The second-order valence-corrected chi connectivity index (χ2v) is 5.83. The van der Waals surface area contributed by atoms with Crippen LogP contribution in [0.2, 0.25) is 0 Å². The second-order valence-electron chi connectivity index (χ2n) is 5.83. The van der Waals surface area contributed by atoms with Crippen LogP contribution in [-0.4, -0.2) is 24.8 Å². The number of methoxy groups -OCH3 is 1. The van der Waals surface area contributed by atoms with Crippen molar-refractivity contribution < 1.29 is 9.53 Å². The highest BCUT2D eigenvalue weighted by molar-refractivity contribution is 6.13. The van der Waals surface area contributed by atoms with Gasteiger partial charge in [0.2, 0.25) is 0 Å². The lowest BCUT2D eigenvalue weighted by Gasteiger charge is -2.16. The van der Waals surface area contributed by atoms with Gasteiger partial charge >= 0.3 is 5.97 Å². The first-order valence-electron chi connectivity index (χ1n) is 8.06. The Labute approximate surface area is 143 Å². The normalized spacial score (nSPS) is 12.2. The van der Waals surface area contributed by atoms with Crippen molar-refractivity contribution in [2.45, 2.75) is 19.9 Å².